The van der Waals surface area contributed by atoms with E-state index in [4.69, 9.17) is 23.2 Å². The summed E-state index contributed by atoms with van der Waals surface area (Å²) in [5, 5.41) is 12.0. The summed E-state index contributed by atoms with van der Waals surface area (Å²) in [7, 11) is 1.85. The standard InChI is InChI=1S/C10H10Cl2N4/c1-13-5-7-6-16(15-14-7)9-4-2-3-8(11)10(9)12/h2-4,6,13H,5H2,1H3. The van der Waals surface area contributed by atoms with Crippen molar-refractivity contribution < 1.29 is 0 Å². The highest BCUT2D eigenvalue weighted by molar-refractivity contribution is 6.43. The van der Waals surface area contributed by atoms with Crippen LogP contribution in [0, 0.1) is 0 Å². The van der Waals surface area contributed by atoms with Crippen LogP contribution in [-0.2, 0) is 6.54 Å². The topological polar surface area (TPSA) is 42.7 Å². The zero-order valence-corrected chi connectivity index (χ0v) is 10.1. The lowest BCUT2D eigenvalue weighted by Gasteiger charge is -2.03. The van der Waals surface area contributed by atoms with Gasteiger partial charge in [-0.1, -0.05) is 34.5 Å². The number of benzene rings is 1. The van der Waals surface area contributed by atoms with Crippen LogP contribution in [-0.4, -0.2) is 22.0 Å². The first-order valence-corrected chi connectivity index (χ1v) is 5.48. The number of hydrogen-bond acceptors (Lipinski definition) is 3. The average Bonchev–Trinajstić information content (AvgIpc) is 2.71. The molecule has 0 spiro atoms. The van der Waals surface area contributed by atoms with Crippen LogP contribution in [0.15, 0.2) is 24.4 Å². The van der Waals surface area contributed by atoms with Crippen molar-refractivity contribution >= 4 is 23.2 Å². The summed E-state index contributed by atoms with van der Waals surface area (Å²) in [5.74, 6) is 0. The molecule has 0 aliphatic rings. The summed E-state index contributed by atoms with van der Waals surface area (Å²) in [6.07, 6.45) is 1.81. The Balaban J connectivity index is 2.39. The molecule has 0 radical (unpaired) electrons. The summed E-state index contributed by atoms with van der Waals surface area (Å²) in [5.41, 5.74) is 1.57. The van der Waals surface area contributed by atoms with Crippen molar-refractivity contribution in [2.75, 3.05) is 7.05 Å². The van der Waals surface area contributed by atoms with Crippen LogP contribution in [0.2, 0.25) is 10.0 Å². The van der Waals surface area contributed by atoms with Gasteiger partial charge in [0.05, 0.1) is 27.6 Å². The van der Waals surface area contributed by atoms with E-state index >= 15 is 0 Å². The summed E-state index contributed by atoms with van der Waals surface area (Å²) in [6, 6.07) is 5.40. The normalized spacial score (nSPS) is 10.7. The van der Waals surface area contributed by atoms with Gasteiger partial charge in [0.15, 0.2) is 0 Å². The smallest absolute Gasteiger partial charge is 0.0969 e. The summed E-state index contributed by atoms with van der Waals surface area (Å²) in [6.45, 7) is 0.665. The lowest BCUT2D eigenvalue weighted by Crippen LogP contribution is -2.05. The molecule has 84 valence electrons. The fraction of sp³-hybridized carbons (Fsp3) is 0.200. The highest BCUT2D eigenvalue weighted by Gasteiger charge is 2.08. The second-order valence-electron chi connectivity index (χ2n) is 3.26. The Bertz CT molecular complexity index is 495. The van der Waals surface area contributed by atoms with Crippen LogP contribution in [0.5, 0.6) is 0 Å². The van der Waals surface area contributed by atoms with Crippen LogP contribution < -0.4 is 5.32 Å². The minimum absolute atomic E-state index is 0.477. The zero-order chi connectivity index (χ0) is 11.5. The number of hydrogen-bond donors (Lipinski definition) is 1. The molecular formula is C10H10Cl2N4. The van der Waals surface area contributed by atoms with Crippen LogP contribution in [0.4, 0.5) is 0 Å². The van der Waals surface area contributed by atoms with E-state index in [0.29, 0.717) is 16.6 Å². The van der Waals surface area contributed by atoms with Crippen LogP contribution >= 0.6 is 23.2 Å². The summed E-state index contributed by atoms with van der Waals surface area (Å²) < 4.78 is 1.61. The summed E-state index contributed by atoms with van der Waals surface area (Å²) in [4.78, 5) is 0. The first kappa shape index (κ1) is 11.4. The van der Waals surface area contributed by atoms with Crippen LogP contribution in [0.1, 0.15) is 5.69 Å². The van der Waals surface area contributed by atoms with E-state index in [1.165, 1.54) is 0 Å². The highest BCUT2D eigenvalue weighted by Crippen LogP contribution is 2.27. The number of rotatable bonds is 3. The maximum absolute atomic E-state index is 6.08. The van der Waals surface area contributed by atoms with Gasteiger partial charge in [0.1, 0.15) is 0 Å². The molecule has 1 aromatic carbocycles. The van der Waals surface area contributed by atoms with Crippen molar-refractivity contribution in [1.29, 1.82) is 0 Å². The Labute approximate surface area is 103 Å². The second kappa shape index (κ2) is 4.82. The third-order valence-electron chi connectivity index (χ3n) is 2.08. The van der Waals surface area contributed by atoms with Gasteiger partial charge < -0.3 is 5.32 Å². The van der Waals surface area contributed by atoms with E-state index in [9.17, 15) is 0 Å². The van der Waals surface area contributed by atoms with E-state index < -0.39 is 0 Å². The minimum atomic E-state index is 0.477. The summed E-state index contributed by atoms with van der Waals surface area (Å²) >= 11 is 12.0. The van der Waals surface area contributed by atoms with Gasteiger partial charge in [0, 0.05) is 6.54 Å². The Morgan fingerprint density at radius 1 is 1.38 bits per heavy atom. The first-order chi connectivity index (χ1) is 7.72. The van der Waals surface area contributed by atoms with Gasteiger partial charge in [-0.15, -0.1) is 5.10 Å². The quantitative estimate of drug-likeness (QED) is 0.917. The molecule has 0 aliphatic heterocycles. The Morgan fingerprint density at radius 3 is 2.94 bits per heavy atom. The zero-order valence-electron chi connectivity index (χ0n) is 8.61. The molecule has 16 heavy (non-hydrogen) atoms. The fourth-order valence-corrected chi connectivity index (χ4v) is 1.73. The van der Waals surface area contributed by atoms with Crippen molar-refractivity contribution in [1.82, 2.24) is 20.3 Å². The van der Waals surface area contributed by atoms with Crippen LogP contribution in [0.25, 0.3) is 5.69 Å². The molecular weight excluding hydrogens is 247 g/mol. The number of aromatic nitrogens is 3. The molecule has 0 saturated carbocycles. The lowest BCUT2D eigenvalue weighted by molar-refractivity contribution is 0.767. The molecule has 0 atom stereocenters. The number of nitrogens with one attached hydrogen (secondary N) is 1. The van der Waals surface area contributed by atoms with Gasteiger partial charge in [-0.25, -0.2) is 4.68 Å². The molecule has 0 bridgehead atoms. The largest absolute Gasteiger partial charge is 0.314 e. The van der Waals surface area contributed by atoms with Crippen LogP contribution in [0.3, 0.4) is 0 Å². The Morgan fingerprint density at radius 2 is 2.19 bits per heavy atom. The fourth-order valence-electron chi connectivity index (χ4n) is 1.35. The van der Waals surface area contributed by atoms with Crippen molar-refractivity contribution in [3.8, 4) is 5.69 Å². The van der Waals surface area contributed by atoms with Gasteiger partial charge in [0.25, 0.3) is 0 Å². The SMILES string of the molecule is CNCc1cn(-c2cccc(Cl)c2Cl)nn1. The first-order valence-electron chi connectivity index (χ1n) is 4.72. The lowest BCUT2D eigenvalue weighted by atomic mass is 10.3. The highest BCUT2D eigenvalue weighted by atomic mass is 35.5. The van der Waals surface area contributed by atoms with Gasteiger partial charge >= 0.3 is 0 Å². The molecule has 0 aliphatic carbocycles. The molecule has 0 fully saturated rings. The third kappa shape index (κ3) is 2.19. The van der Waals surface area contributed by atoms with E-state index in [0.717, 1.165) is 11.4 Å². The van der Waals surface area contributed by atoms with Gasteiger partial charge in [-0.2, -0.15) is 0 Å². The average molecular weight is 257 g/mol. The van der Waals surface area contributed by atoms with Gasteiger partial charge in [-0.3, -0.25) is 0 Å². The van der Waals surface area contributed by atoms with Gasteiger partial charge in [-0.05, 0) is 19.2 Å². The predicted octanol–water partition coefficient (Wildman–Crippen LogP) is 2.29. The molecule has 0 amide bonds. The predicted molar refractivity (Wildman–Crippen MR) is 64.1 cm³/mol. The maximum Gasteiger partial charge on any atom is 0.0969 e. The van der Waals surface area contributed by atoms with Crippen molar-refractivity contribution in [2.45, 2.75) is 6.54 Å². The molecule has 1 N–H and O–H groups in total. The van der Waals surface area contributed by atoms with Crippen molar-refractivity contribution in [3.63, 3.8) is 0 Å². The van der Waals surface area contributed by atoms with Crippen molar-refractivity contribution in [3.05, 3.63) is 40.1 Å². The van der Waals surface area contributed by atoms with E-state index in [1.54, 1.807) is 10.7 Å². The molecule has 2 aromatic rings. The monoisotopic (exact) mass is 256 g/mol. The minimum Gasteiger partial charge on any atom is -0.314 e. The molecule has 2 rings (SSSR count). The maximum atomic E-state index is 6.08. The number of halogens is 2. The van der Waals surface area contributed by atoms with Gasteiger partial charge in [0.2, 0.25) is 0 Å². The number of nitrogens with zero attached hydrogens (tertiary/aromatic N) is 3. The van der Waals surface area contributed by atoms with E-state index in [-0.39, 0.29) is 0 Å². The second-order valence-corrected chi connectivity index (χ2v) is 4.04. The molecule has 4 nitrogen and oxygen atoms in total. The Hall–Kier alpha value is -1.10. The van der Waals surface area contributed by atoms with Crippen molar-refractivity contribution in [2.24, 2.45) is 0 Å². The third-order valence-corrected chi connectivity index (χ3v) is 2.89. The molecule has 0 saturated heterocycles. The van der Waals surface area contributed by atoms with E-state index in [2.05, 4.69) is 15.6 Å². The Kier molecular flexibility index (Phi) is 3.43. The molecule has 1 heterocycles. The van der Waals surface area contributed by atoms with E-state index in [1.807, 2.05) is 25.4 Å². The molecule has 6 heteroatoms. The molecule has 0 unspecified atom stereocenters. The molecule has 1 aromatic heterocycles.